The number of rotatable bonds is 11. The third-order valence-electron chi connectivity index (χ3n) is 9.80. The molecule has 1 aliphatic carbocycles. The van der Waals surface area contributed by atoms with Gasteiger partial charge in [0.1, 0.15) is 0 Å². The molecule has 3 aliphatic rings. The smallest absolute Gasteiger partial charge is 0.220 e. The van der Waals surface area contributed by atoms with E-state index in [0.29, 0.717) is 53.2 Å². The predicted octanol–water partition coefficient (Wildman–Crippen LogP) is 6.41. The van der Waals surface area contributed by atoms with Gasteiger partial charge in [-0.2, -0.15) is 0 Å². The maximum absolute atomic E-state index is 11.6. The molecule has 2 fully saturated rings. The van der Waals surface area contributed by atoms with Crippen molar-refractivity contribution < 1.29 is 14.3 Å². The summed E-state index contributed by atoms with van der Waals surface area (Å²) in [7, 11) is 1.61. The Morgan fingerprint density at radius 3 is 2.37 bits per heavy atom. The first-order valence-corrected chi connectivity index (χ1v) is 17.8. The molecule has 0 radical (unpaired) electrons. The van der Waals surface area contributed by atoms with Crippen molar-refractivity contribution in [3.8, 4) is 39.5 Å². The Bertz CT molecular complexity index is 1880. The Labute approximate surface area is 296 Å². The first kappa shape index (κ1) is 33.5. The Kier molecular flexibility index (Phi) is 10.1. The van der Waals surface area contributed by atoms with Crippen LogP contribution in [0.3, 0.4) is 0 Å². The van der Waals surface area contributed by atoms with E-state index >= 15 is 0 Å². The molecular formula is C38H40Cl2N6O3. The molecule has 0 saturated carbocycles. The van der Waals surface area contributed by atoms with E-state index in [1.807, 2.05) is 36.4 Å². The van der Waals surface area contributed by atoms with E-state index in [2.05, 4.69) is 39.5 Å². The zero-order valence-corrected chi connectivity index (χ0v) is 29.0. The molecule has 4 N–H and O–H groups in total. The molecule has 0 unspecified atom stereocenters. The number of nitrogens with one attached hydrogen (secondary N) is 4. The standard InChI is InChI=1S/C38H40Cl2N6O3/c1-49-38-24(19-41-20-25-10-14-33(47)44-25)9-13-32(46-38)30-6-3-5-28(35(30)39)29-16-17-42-37(36(29)40)23-8-12-27-22(18-23)4-2-7-31(27)43-21-26-11-15-34(48)45-26/h3,5-6,8-9,12-13,16-18,25-26,31,41,43H,2,4,7,10-11,14-15,19-21H2,1H3,(H,44,47)(H,45,48)/t25-,26+,31+/m0/s1. The lowest BCUT2D eigenvalue weighted by molar-refractivity contribution is -0.120. The Balaban J connectivity index is 1.10. The Hall–Kier alpha value is -4.02. The molecule has 2 aromatic carbocycles. The summed E-state index contributed by atoms with van der Waals surface area (Å²) in [4.78, 5) is 32.7. The van der Waals surface area contributed by atoms with Gasteiger partial charge in [0.05, 0.1) is 28.5 Å². The number of aryl methyl sites for hydroxylation is 1. The second-order valence-electron chi connectivity index (χ2n) is 13.1. The summed E-state index contributed by atoms with van der Waals surface area (Å²) in [6, 6.07) is 18.8. The van der Waals surface area contributed by atoms with E-state index in [-0.39, 0.29) is 29.9 Å². The number of benzene rings is 2. The van der Waals surface area contributed by atoms with Gasteiger partial charge in [-0.25, -0.2) is 4.98 Å². The zero-order valence-electron chi connectivity index (χ0n) is 27.5. The molecule has 4 heterocycles. The maximum atomic E-state index is 11.6. The van der Waals surface area contributed by atoms with Crippen LogP contribution in [0.2, 0.25) is 10.0 Å². The van der Waals surface area contributed by atoms with E-state index in [1.54, 1.807) is 13.3 Å². The van der Waals surface area contributed by atoms with Gasteiger partial charge < -0.3 is 26.0 Å². The summed E-state index contributed by atoms with van der Waals surface area (Å²) in [6.07, 6.45) is 7.85. The molecule has 4 aromatic rings. The van der Waals surface area contributed by atoms with Crippen molar-refractivity contribution in [2.45, 2.75) is 69.6 Å². The Morgan fingerprint density at radius 2 is 1.61 bits per heavy atom. The van der Waals surface area contributed by atoms with Crippen molar-refractivity contribution in [1.29, 1.82) is 0 Å². The largest absolute Gasteiger partial charge is 0.481 e. The van der Waals surface area contributed by atoms with Crippen LogP contribution in [-0.4, -0.2) is 54.1 Å². The monoisotopic (exact) mass is 698 g/mol. The second kappa shape index (κ2) is 14.8. The number of aromatic nitrogens is 2. The van der Waals surface area contributed by atoms with Crippen LogP contribution in [0, 0.1) is 0 Å². The lowest BCUT2D eigenvalue weighted by Crippen LogP contribution is -2.38. The number of carbonyl (C=O) groups excluding carboxylic acids is 2. The predicted molar refractivity (Wildman–Crippen MR) is 193 cm³/mol. The number of amides is 2. The summed E-state index contributed by atoms with van der Waals surface area (Å²) in [5, 5.41) is 14.2. The minimum atomic E-state index is 0.105. The molecule has 254 valence electrons. The van der Waals surface area contributed by atoms with E-state index < -0.39 is 0 Å². The van der Waals surface area contributed by atoms with Crippen LogP contribution >= 0.6 is 23.2 Å². The molecule has 2 aromatic heterocycles. The van der Waals surface area contributed by atoms with Gasteiger partial charge in [0, 0.05) is 84.6 Å². The van der Waals surface area contributed by atoms with Crippen LogP contribution in [0.4, 0.5) is 0 Å². The van der Waals surface area contributed by atoms with Gasteiger partial charge >= 0.3 is 0 Å². The molecule has 9 nitrogen and oxygen atoms in total. The fourth-order valence-electron chi connectivity index (χ4n) is 7.22. The van der Waals surface area contributed by atoms with Gasteiger partial charge in [0.15, 0.2) is 0 Å². The van der Waals surface area contributed by atoms with Gasteiger partial charge in [-0.15, -0.1) is 0 Å². The number of hydrogen-bond donors (Lipinski definition) is 4. The fourth-order valence-corrected chi connectivity index (χ4v) is 7.87. The Morgan fingerprint density at radius 1 is 0.857 bits per heavy atom. The summed E-state index contributed by atoms with van der Waals surface area (Å²) < 4.78 is 5.66. The number of methoxy groups -OCH3 is 1. The molecule has 2 saturated heterocycles. The first-order valence-electron chi connectivity index (χ1n) is 17.0. The van der Waals surface area contributed by atoms with Gasteiger partial charge in [-0.3, -0.25) is 14.6 Å². The highest BCUT2D eigenvalue weighted by Crippen LogP contribution is 2.42. The van der Waals surface area contributed by atoms with Crippen molar-refractivity contribution in [1.82, 2.24) is 31.2 Å². The van der Waals surface area contributed by atoms with Gasteiger partial charge in [-0.1, -0.05) is 59.6 Å². The zero-order chi connectivity index (χ0) is 33.9. The number of nitrogens with zero attached hydrogens (tertiary/aromatic N) is 2. The van der Waals surface area contributed by atoms with Crippen LogP contribution in [0.25, 0.3) is 33.6 Å². The summed E-state index contributed by atoms with van der Waals surface area (Å²) in [5.41, 5.74) is 8.23. The van der Waals surface area contributed by atoms with Crippen molar-refractivity contribution in [3.63, 3.8) is 0 Å². The van der Waals surface area contributed by atoms with Crippen molar-refractivity contribution in [2.75, 3.05) is 20.2 Å². The third-order valence-corrected chi connectivity index (χ3v) is 10.6. The number of pyridine rings is 2. The lowest BCUT2D eigenvalue weighted by Gasteiger charge is -2.28. The average molecular weight is 700 g/mol. The van der Waals surface area contributed by atoms with E-state index in [9.17, 15) is 9.59 Å². The number of halogens is 2. The van der Waals surface area contributed by atoms with Crippen LogP contribution < -0.4 is 26.0 Å². The number of fused-ring (bicyclic) bond motifs is 1. The summed E-state index contributed by atoms with van der Waals surface area (Å²) in [6.45, 7) is 2.02. The normalized spacial score (nSPS) is 20.2. The van der Waals surface area contributed by atoms with Gasteiger partial charge in [-0.05, 0) is 61.4 Å². The molecule has 0 spiro atoms. The number of hydrogen-bond acceptors (Lipinski definition) is 7. The number of carbonyl (C=O) groups is 2. The van der Waals surface area contributed by atoms with Crippen LogP contribution in [0.5, 0.6) is 5.88 Å². The number of ether oxygens (including phenoxy) is 1. The molecule has 2 amide bonds. The van der Waals surface area contributed by atoms with E-state index in [1.165, 1.54) is 11.1 Å². The first-order chi connectivity index (χ1) is 23.9. The fraction of sp³-hybridized carbons (Fsp3) is 0.368. The van der Waals surface area contributed by atoms with Gasteiger partial charge in [0.25, 0.3) is 0 Å². The topological polar surface area (TPSA) is 117 Å². The van der Waals surface area contributed by atoms with E-state index in [4.69, 9.17) is 37.9 Å². The third kappa shape index (κ3) is 7.31. The minimum Gasteiger partial charge on any atom is -0.481 e. The highest BCUT2D eigenvalue weighted by Gasteiger charge is 2.26. The quantitative estimate of drug-likeness (QED) is 0.143. The molecule has 7 rings (SSSR count). The molecule has 3 atom stereocenters. The van der Waals surface area contributed by atoms with Crippen LogP contribution in [0.1, 0.15) is 61.3 Å². The van der Waals surface area contributed by atoms with Crippen LogP contribution in [0.15, 0.2) is 60.8 Å². The van der Waals surface area contributed by atoms with Crippen molar-refractivity contribution in [2.24, 2.45) is 0 Å². The SMILES string of the molecule is COc1nc(-c2cccc(-c3ccnc(-c4ccc5c(c4)CCC[C@H]5NC[C@H]4CCC(=O)N4)c3Cl)c2Cl)ccc1CNC[C@@H]1CCC(=O)N1. The van der Waals surface area contributed by atoms with Crippen molar-refractivity contribution in [3.05, 3.63) is 87.5 Å². The summed E-state index contributed by atoms with van der Waals surface area (Å²) in [5.74, 6) is 0.762. The highest BCUT2D eigenvalue weighted by molar-refractivity contribution is 6.39. The summed E-state index contributed by atoms with van der Waals surface area (Å²) >= 11 is 14.2. The molecule has 0 bridgehead atoms. The molecule has 2 aliphatic heterocycles. The average Bonchev–Trinajstić information content (AvgIpc) is 3.74. The van der Waals surface area contributed by atoms with Crippen LogP contribution in [-0.2, 0) is 22.6 Å². The van der Waals surface area contributed by atoms with Gasteiger partial charge in [0.2, 0.25) is 17.7 Å². The second-order valence-corrected chi connectivity index (χ2v) is 13.8. The maximum Gasteiger partial charge on any atom is 0.220 e. The molecule has 49 heavy (non-hydrogen) atoms. The van der Waals surface area contributed by atoms with Crippen molar-refractivity contribution >= 4 is 35.0 Å². The molecule has 11 heteroatoms. The minimum absolute atomic E-state index is 0.105. The highest BCUT2D eigenvalue weighted by atomic mass is 35.5. The molecular weight excluding hydrogens is 659 g/mol. The lowest BCUT2D eigenvalue weighted by atomic mass is 9.86. The van der Waals surface area contributed by atoms with E-state index in [0.717, 1.165) is 66.5 Å².